The Hall–Kier alpha value is -3.60. The largest absolute Gasteiger partial charge is 0.497 e. The Morgan fingerprint density at radius 2 is 1.90 bits per heavy atom. The van der Waals surface area contributed by atoms with E-state index in [1.807, 2.05) is 31.2 Å². The number of hydrogen-bond donors (Lipinski definition) is 3. The quantitative estimate of drug-likeness (QED) is 0.201. The van der Waals surface area contributed by atoms with Gasteiger partial charge in [-0.15, -0.1) is 10.2 Å². The van der Waals surface area contributed by atoms with Crippen LogP contribution in [-0.4, -0.2) is 39.4 Å². The topological polar surface area (TPSA) is 119 Å². The summed E-state index contributed by atoms with van der Waals surface area (Å²) in [7, 11) is 1.61. The van der Waals surface area contributed by atoms with E-state index in [4.69, 9.17) is 10.6 Å². The van der Waals surface area contributed by atoms with Crippen molar-refractivity contribution >= 4 is 29.3 Å². The van der Waals surface area contributed by atoms with Crippen molar-refractivity contribution in [1.82, 2.24) is 20.2 Å². The number of rotatable bonds is 9. The van der Waals surface area contributed by atoms with Gasteiger partial charge in [0, 0.05) is 6.54 Å². The zero-order chi connectivity index (χ0) is 22.2. The molecule has 1 heterocycles. The molecular formula is C20H22FN7O2S. The summed E-state index contributed by atoms with van der Waals surface area (Å²) < 4.78 is 19.3. The zero-order valence-corrected chi connectivity index (χ0v) is 17.8. The van der Waals surface area contributed by atoms with Gasteiger partial charge in [-0.05, 0) is 54.4 Å². The monoisotopic (exact) mass is 443 g/mol. The second-order valence-corrected chi connectivity index (χ2v) is 7.35. The SMILES string of the molecule is COc1ccc(/C(C)=N/Nc2nnc(SCC(=O)NCc3ccc(F)cc3)n2N)cc1. The maximum Gasteiger partial charge on any atom is 0.264 e. The van der Waals surface area contributed by atoms with Crippen molar-refractivity contribution in [2.45, 2.75) is 18.6 Å². The predicted molar refractivity (Wildman–Crippen MR) is 118 cm³/mol. The van der Waals surface area contributed by atoms with E-state index < -0.39 is 0 Å². The number of nitrogen functional groups attached to an aromatic ring is 1. The smallest absolute Gasteiger partial charge is 0.264 e. The van der Waals surface area contributed by atoms with Crippen LogP contribution in [0.2, 0.25) is 0 Å². The molecule has 3 rings (SSSR count). The average Bonchev–Trinajstić information content (AvgIpc) is 3.15. The molecule has 0 saturated heterocycles. The summed E-state index contributed by atoms with van der Waals surface area (Å²) in [5.74, 6) is 6.56. The minimum atomic E-state index is -0.319. The van der Waals surface area contributed by atoms with Gasteiger partial charge in [0.05, 0.1) is 18.6 Å². The molecule has 0 radical (unpaired) electrons. The summed E-state index contributed by atoms with van der Waals surface area (Å²) in [4.78, 5) is 12.0. The van der Waals surface area contributed by atoms with E-state index in [1.165, 1.54) is 16.8 Å². The highest BCUT2D eigenvalue weighted by atomic mass is 32.2. The maximum atomic E-state index is 12.9. The summed E-state index contributed by atoms with van der Waals surface area (Å²) in [5.41, 5.74) is 5.21. The van der Waals surface area contributed by atoms with E-state index >= 15 is 0 Å². The molecular weight excluding hydrogens is 421 g/mol. The lowest BCUT2D eigenvalue weighted by Crippen LogP contribution is -2.25. The van der Waals surface area contributed by atoms with Gasteiger partial charge in [0.25, 0.3) is 5.95 Å². The number of amides is 1. The number of carbonyl (C=O) groups is 1. The highest BCUT2D eigenvalue weighted by molar-refractivity contribution is 7.99. The van der Waals surface area contributed by atoms with Crippen molar-refractivity contribution in [3.05, 3.63) is 65.5 Å². The number of carbonyl (C=O) groups excluding carboxylic acids is 1. The molecule has 1 amide bonds. The summed E-state index contributed by atoms with van der Waals surface area (Å²) in [5, 5.41) is 15.3. The van der Waals surface area contributed by atoms with Gasteiger partial charge in [0.1, 0.15) is 11.6 Å². The number of nitrogens with one attached hydrogen (secondary N) is 2. The van der Waals surface area contributed by atoms with Crippen LogP contribution in [0, 0.1) is 5.82 Å². The molecule has 0 aliphatic carbocycles. The number of methoxy groups -OCH3 is 1. The van der Waals surface area contributed by atoms with E-state index in [0.29, 0.717) is 11.7 Å². The van der Waals surface area contributed by atoms with Crippen molar-refractivity contribution in [3.63, 3.8) is 0 Å². The number of hydrogen-bond acceptors (Lipinski definition) is 8. The maximum absolute atomic E-state index is 12.9. The number of anilines is 1. The molecule has 162 valence electrons. The van der Waals surface area contributed by atoms with Crippen LogP contribution in [-0.2, 0) is 11.3 Å². The molecule has 0 spiro atoms. The van der Waals surface area contributed by atoms with Crippen molar-refractivity contribution in [2.75, 3.05) is 24.1 Å². The van der Waals surface area contributed by atoms with E-state index in [-0.39, 0.29) is 23.4 Å². The molecule has 0 aliphatic rings. The lowest BCUT2D eigenvalue weighted by atomic mass is 10.1. The summed E-state index contributed by atoms with van der Waals surface area (Å²) in [6, 6.07) is 13.4. The van der Waals surface area contributed by atoms with Gasteiger partial charge in [-0.3, -0.25) is 4.79 Å². The fourth-order valence-electron chi connectivity index (χ4n) is 2.47. The molecule has 4 N–H and O–H groups in total. The van der Waals surface area contributed by atoms with E-state index in [2.05, 4.69) is 26.0 Å². The number of hydrazone groups is 1. The van der Waals surface area contributed by atoms with Gasteiger partial charge in [-0.2, -0.15) is 5.10 Å². The molecule has 11 heteroatoms. The molecule has 9 nitrogen and oxygen atoms in total. The number of ether oxygens (including phenoxy) is 1. The van der Waals surface area contributed by atoms with Crippen molar-refractivity contribution in [2.24, 2.45) is 5.10 Å². The molecule has 2 aromatic carbocycles. The van der Waals surface area contributed by atoms with Crippen molar-refractivity contribution in [3.8, 4) is 5.75 Å². The predicted octanol–water partition coefficient (Wildman–Crippen LogP) is 2.38. The molecule has 0 aliphatic heterocycles. The van der Waals surface area contributed by atoms with Crippen LogP contribution in [0.25, 0.3) is 0 Å². The molecule has 0 fully saturated rings. The molecule has 3 aromatic rings. The third-order valence-electron chi connectivity index (χ3n) is 4.23. The van der Waals surface area contributed by atoms with Gasteiger partial charge in [0.15, 0.2) is 0 Å². The van der Waals surface area contributed by atoms with Crippen LogP contribution >= 0.6 is 11.8 Å². The van der Waals surface area contributed by atoms with Crippen LogP contribution < -0.4 is 21.3 Å². The van der Waals surface area contributed by atoms with Crippen LogP contribution in [0.5, 0.6) is 5.75 Å². The highest BCUT2D eigenvalue weighted by Gasteiger charge is 2.12. The Balaban J connectivity index is 1.50. The average molecular weight is 444 g/mol. The van der Waals surface area contributed by atoms with E-state index in [9.17, 15) is 9.18 Å². The van der Waals surface area contributed by atoms with Crippen LogP contribution in [0.4, 0.5) is 10.3 Å². The van der Waals surface area contributed by atoms with Gasteiger partial charge in [-0.1, -0.05) is 23.9 Å². The third kappa shape index (κ3) is 6.19. The summed E-state index contributed by atoms with van der Waals surface area (Å²) >= 11 is 1.14. The normalized spacial score (nSPS) is 11.3. The standard InChI is InChI=1S/C20H22FN7O2S/c1-13(15-5-9-17(30-2)10-6-15)24-25-19-26-27-20(28(19)22)31-12-18(29)23-11-14-3-7-16(21)8-4-14/h3-10H,11-12,22H2,1-2H3,(H,23,29)(H,25,26)/b24-13+. The van der Waals surface area contributed by atoms with Gasteiger partial charge < -0.3 is 15.9 Å². The van der Waals surface area contributed by atoms with Crippen LogP contribution in [0.1, 0.15) is 18.1 Å². The minimum Gasteiger partial charge on any atom is -0.497 e. The number of benzene rings is 2. The Bertz CT molecular complexity index is 1050. The lowest BCUT2D eigenvalue weighted by Gasteiger charge is -2.06. The van der Waals surface area contributed by atoms with Crippen molar-refractivity contribution in [1.29, 1.82) is 0 Å². The lowest BCUT2D eigenvalue weighted by molar-refractivity contribution is -0.118. The zero-order valence-electron chi connectivity index (χ0n) is 17.0. The molecule has 0 atom stereocenters. The van der Waals surface area contributed by atoms with Crippen LogP contribution in [0.3, 0.4) is 0 Å². The first-order chi connectivity index (χ1) is 15.0. The number of halogens is 1. The first kappa shape index (κ1) is 22.1. The highest BCUT2D eigenvalue weighted by Crippen LogP contribution is 2.17. The van der Waals surface area contributed by atoms with Gasteiger partial charge >= 0.3 is 0 Å². The summed E-state index contributed by atoms with van der Waals surface area (Å²) in [6.07, 6.45) is 0. The Morgan fingerprint density at radius 1 is 1.19 bits per heavy atom. The van der Waals surface area contributed by atoms with Gasteiger partial charge in [0.2, 0.25) is 11.1 Å². The molecule has 1 aromatic heterocycles. The van der Waals surface area contributed by atoms with Gasteiger partial charge in [-0.25, -0.2) is 14.5 Å². The number of thioether (sulfide) groups is 1. The number of aromatic nitrogens is 3. The van der Waals surface area contributed by atoms with Crippen LogP contribution in [0.15, 0.2) is 58.8 Å². The third-order valence-corrected chi connectivity index (χ3v) is 5.17. The molecule has 31 heavy (non-hydrogen) atoms. The van der Waals surface area contributed by atoms with E-state index in [1.54, 1.807) is 19.2 Å². The fraction of sp³-hybridized carbons (Fsp3) is 0.200. The first-order valence-electron chi connectivity index (χ1n) is 9.25. The van der Waals surface area contributed by atoms with E-state index in [0.717, 1.165) is 34.3 Å². The minimum absolute atomic E-state index is 0.102. The molecule has 0 saturated carbocycles. The fourth-order valence-corrected chi connectivity index (χ4v) is 3.15. The van der Waals surface area contributed by atoms with Crippen molar-refractivity contribution < 1.29 is 13.9 Å². The number of nitrogens with two attached hydrogens (primary N) is 1. The second-order valence-electron chi connectivity index (χ2n) is 6.41. The Kier molecular flexibility index (Phi) is 7.44. The second kappa shape index (κ2) is 10.4. The Labute approximate surface area is 182 Å². The molecule has 0 unspecified atom stereocenters. The first-order valence-corrected chi connectivity index (χ1v) is 10.2. The summed E-state index contributed by atoms with van der Waals surface area (Å²) in [6.45, 7) is 2.15. The molecule has 0 bridgehead atoms. The Morgan fingerprint density at radius 3 is 2.58 bits per heavy atom. The number of nitrogens with zero attached hydrogens (tertiary/aromatic N) is 4.